The highest BCUT2D eigenvalue weighted by Crippen LogP contribution is 2.23. The van der Waals surface area contributed by atoms with Crippen LogP contribution >= 0.6 is 0 Å². The SMILES string of the molecule is Cc1cccn2c(=O)cc(CN(C)[C@@H](C)c3cccc(NC(=O)c4ccccc4)c3)nc12. The predicted molar refractivity (Wildman–Crippen MR) is 127 cm³/mol. The number of nitrogens with zero attached hydrogens (tertiary/aromatic N) is 3. The molecule has 162 valence electrons. The van der Waals surface area contributed by atoms with E-state index in [9.17, 15) is 9.59 Å². The Morgan fingerprint density at radius 1 is 1.06 bits per heavy atom. The number of hydrogen-bond donors (Lipinski definition) is 1. The van der Waals surface area contributed by atoms with Gasteiger partial charge in [-0.25, -0.2) is 4.98 Å². The van der Waals surface area contributed by atoms with Crippen LogP contribution < -0.4 is 10.9 Å². The number of hydrogen-bond acceptors (Lipinski definition) is 4. The second-order valence-electron chi connectivity index (χ2n) is 8.01. The van der Waals surface area contributed by atoms with Gasteiger partial charge in [-0.05, 0) is 62.4 Å². The topological polar surface area (TPSA) is 66.7 Å². The van der Waals surface area contributed by atoms with Gasteiger partial charge in [-0.1, -0.05) is 36.4 Å². The maximum atomic E-state index is 12.5. The lowest BCUT2D eigenvalue weighted by atomic mass is 10.1. The predicted octanol–water partition coefficient (Wildman–Crippen LogP) is 4.45. The maximum Gasteiger partial charge on any atom is 0.258 e. The molecule has 0 bridgehead atoms. The molecule has 1 N–H and O–H groups in total. The van der Waals surface area contributed by atoms with Gasteiger partial charge in [0.05, 0.1) is 5.69 Å². The summed E-state index contributed by atoms with van der Waals surface area (Å²) in [5, 5.41) is 2.96. The highest BCUT2D eigenvalue weighted by Gasteiger charge is 2.15. The molecule has 6 heteroatoms. The van der Waals surface area contributed by atoms with E-state index in [2.05, 4.69) is 17.1 Å². The van der Waals surface area contributed by atoms with Crippen LogP contribution in [-0.2, 0) is 6.54 Å². The number of pyridine rings is 1. The van der Waals surface area contributed by atoms with Crippen LogP contribution in [0, 0.1) is 6.92 Å². The quantitative estimate of drug-likeness (QED) is 0.495. The number of carbonyl (C=O) groups excluding carboxylic acids is 1. The van der Waals surface area contributed by atoms with Crippen molar-refractivity contribution in [3.8, 4) is 0 Å². The lowest BCUT2D eigenvalue weighted by molar-refractivity contribution is 0.102. The van der Waals surface area contributed by atoms with E-state index in [1.807, 2.05) is 68.6 Å². The average Bonchev–Trinajstić information content (AvgIpc) is 2.80. The Morgan fingerprint density at radius 3 is 2.62 bits per heavy atom. The van der Waals surface area contributed by atoms with E-state index >= 15 is 0 Å². The minimum atomic E-state index is -0.139. The molecular weight excluding hydrogens is 400 g/mol. The largest absolute Gasteiger partial charge is 0.322 e. The van der Waals surface area contributed by atoms with Crippen molar-refractivity contribution in [3.63, 3.8) is 0 Å². The zero-order chi connectivity index (χ0) is 22.7. The van der Waals surface area contributed by atoms with E-state index < -0.39 is 0 Å². The van der Waals surface area contributed by atoms with Crippen molar-refractivity contribution in [1.82, 2.24) is 14.3 Å². The summed E-state index contributed by atoms with van der Waals surface area (Å²) in [4.78, 5) is 31.8. The van der Waals surface area contributed by atoms with Crippen LogP contribution in [0.2, 0.25) is 0 Å². The minimum absolute atomic E-state index is 0.0562. The van der Waals surface area contributed by atoms with Crippen molar-refractivity contribution in [2.24, 2.45) is 0 Å². The molecule has 1 atom stereocenters. The first-order valence-electron chi connectivity index (χ1n) is 10.6. The zero-order valence-electron chi connectivity index (χ0n) is 18.4. The second-order valence-corrected chi connectivity index (χ2v) is 8.01. The van der Waals surface area contributed by atoms with Crippen molar-refractivity contribution in [2.45, 2.75) is 26.4 Å². The van der Waals surface area contributed by atoms with Gasteiger partial charge in [0.2, 0.25) is 0 Å². The fourth-order valence-electron chi connectivity index (χ4n) is 3.71. The lowest BCUT2D eigenvalue weighted by Crippen LogP contribution is -2.25. The van der Waals surface area contributed by atoms with Gasteiger partial charge in [-0.2, -0.15) is 0 Å². The van der Waals surface area contributed by atoms with Gasteiger partial charge in [0.25, 0.3) is 11.5 Å². The molecular formula is C26H26N4O2. The van der Waals surface area contributed by atoms with E-state index in [0.29, 0.717) is 17.8 Å². The summed E-state index contributed by atoms with van der Waals surface area (Å²) in [6.45, 7) is 4.58. The normalized spacial score (nSPS) is 12.1. The number of fused-ring (bicyclic) bond motifs is 1. The van der Waals surface area contributed by atoms with Crippen LogP contribution in [-0.4, -0.2) is 27.2 Å². The average molecular weight is 427 g/mol. The smallest absolute Gasteiger partial charge is 0.258 e. The highest BCUT2D eigenvalue weighted by atomic mass is 16.1. The molecule has 0 aliphatic carbocycles. The Labute approximate surface area is 187 Å². The molecule has 0 aliphatic rings. The summed E-state index contributed by atoms with van der Waals surface area (Å²) >= 11 is 0. The number of nitrogens with one attached hydrogen (secondary N) is 1. The number of amides is 1. The summed E-state index contributed by atoms with van der Waals surface area (Å²) in [5.41, 5.74) is 4.71. The van der Waals surface area contributed by atoms with E-state index in [-0.39, 0.29) is 17.5 Å². The van der Waals surface area contributed by atoms with Gasteiger partial charge in [-0.15, -0.1) is 0 Å². The van der Waals surface area contributed by atoms with E-state index in [1.54, 1.807) is 28.8 Å². The first-order valence-corrected chi connectivity index (χ1v) is 10.6. The Morgan fingerprint density at radius 2 is 1.84 bits per heavy atom. The van der Waals surface area contributed by atoms with Gasteiger partial charge in [-0.3, -0.25) is 18.9 Å². The third-order valence-electron chi connectivity index (χ3n) is 5.67. The maximum absolute atomic E-state index is 12.5. The summed E-state index contributed by atoms with van der Waals surface area (Å²) < 4.78 is 1.57. The van der Waals surface area contributed by atoms with Crippen LogP contribution in [0.15, 0.2) is 83.8 Å². The fourth-order valence-corrected chi connectivity index (χ4v) is 3.71. The monoisotopic (exact) mass is 426 g/mol. The molecule has 4 rings (SSSR count). The summed E-state index contributed by atoms with van der Waals surface area (Å²) in [6, 6.07) is 22.4. The number of anilines is 1. The highest BCUT2D eigenvalue weighted by molar-refractivity contribution is 6.04. The molecule has 32 heavy (non-hydrogen) atoms. The van der Waals surface area contributed by atoms with Crippen LogP contribution in [0.4, 0.5) is 5.69 Å². The number of rotatable bonds is 6. The van der Waals surface area contributed by atoms with Crippen LogP contribution in [0.5, 0.6) is 0 Å². The molecule has 2 aromatic carbocycles. The van der Waals surface area contributed by atoms with Crippen molar-refractivity contribution < 1.29 is 4.79 Å². The molecule has 6 nitrogen and oxygen atoms in total. The molecule has 0 spiro atoms. The molecule has 1 amide bonds. The number of carbonyl (C=O) groups is 1. The summed E-state index contributed by atoms with van der Waals surface area (Å²) in [5.74, 6) is -0.139. The van der Waals surface area contributed by atoms with Gasteiger partial charge < -0.3 is 5.32 Å². The van der Waals surface area contributed by atoms with Crippen molar-refractivity contribution in [1.29, 1.82) is 0 Å². The number of aromatic nitrogens is 2. The zero-order valence-corrected chi connectivity index (χ0v) is 18.4. The number of benzene rings is 2. The van der Waals surface area contributed by atoms with Gasteiger partial charge in [0, 0.05) is 36.1 Å². The Kier molecular flexibility index (Phi) is 6.14. The third-order valence-corrected chi connectivity index (χ3v) is 5.67. The Hall–Kier alpha value is -3.77. The molecule has 0 saturated carbocycles. The third kappa shape index (κ3) is 4.60. The van der Waals surface area contributed by atoms with E-state index in [1.165, 1.54) is 0 Å². The summed E-state index contributed by atoms with van der Waals surface area (Å²) in [6.07, 6.45) is 1.74. The fraction of sp³-hybridized carbons (Fsp3) is 0.192. The lowest BCUT2D eigenvalue weighted by Gasteiger charge is -2.25. The van der Waals surface area contributed by atoms with Gasteiger partial charge in [0.15, 0.2) is 0 Å². The van der Waals surface area contributed by atoms with Crippen molar-refractivity contribution in [3.05, 3.63) is 112 Å². The molecule has 0 unspecified atom stereocenters. The van der Waals surface area contributed by atoms with Gasteiger partial charge in [0.1, 0.15) is 5.65 Å². The molecule has 0 radical (unpaired) electrons. The first-order chi connectivity index (χ1) is 15.4. The standard InChI is InChI=1S/C26H26N4O2/c1-18-9-8-14-30-24(31)16-23(27-25(18)30)17-29(3)19(2)21-12-7-13-22(15-21)28-26(32)20-10-5-4-6-11-20/h4-16,19H,17H2,1-3H3,(H,28,32)/t19-/m0/s1. The van der Waals surface area contributed by atoms with Crippen LogP contribution in [0.25, 0.3) is 5.65 Å². The molecule has 2 aromatic heterocycles. The van der Waals surface area contributed by atoms with Gasteiger partial charge >= 0.3 is 0 Å². The molecule has 4 aromatic rings. The van der Waals surface area contributed by atoms with Crippen LogP contribution in [0.3, 0.4) is 0 Å². The Bertz CT molecular complexity index is 1310. The molecule has 2 heterocycles. The second kappa shape index (κ2) is 9.16. The van der Waals surface area contributed by atoms with E-state index in [4.69, 9.17) is 4.98 Å². The minimum Gasteiger partial charge on any atom is -0.322 e. The Balaban J connectivity index is 1.51. The molecule has 0 saturated heterocycles. The first kappa shape index (κ1) is 21.5. The molecule has 0 fully saturated rings. The molecule has 0 aliphatic heterocycles. The van der Waals surface area contributed by atoms with Crippen molar-refractivity contribution in [2.75, 3.05) is 12.4 Å². The van der Waals surface area contributed by atoms with E-state index in [0.717, 1.165) is 22.5 Å². The summed E-state index contributed by atoms with van der Waals surface area (Å²) in [7, 11) is 2.00. The number of aryl methyl sites for hydroxylation is 1. The van der Waals surface area contributed by atoms with Crippen LogP contribution in [0.1, 0.15) is 40.1 Å². The van der Waals surface area contributed by atoms with Crippen molar-refractivity contribution >= 4 is 17.2 Å².